The number of nitriles is 1. The predicted molar refractivity (Wildman–Crippen MR) is 101 cm³/mol. The molecule has 2 heteroatoms. The molecule has 24 heavy (non-hydrogen) atoms. The van der Waals surface area contributed by atoms with Crippen LogP contribution in [0.3, 0.4) is 0 Å². The third kappa shape index (κ3) is 5.28. The van der Waals surface area contributed by atoms with Crippen molar-refractivity contribution in [3.63, 3.8) is 0 Å². The standard InChI is InChI=1S/C22H25NO/c1-22(2,3)14-13-17-5-7-18(8-6-17)15-20(16-23)19-9-11-21(24-4)12-10-19/h5-12,15H,13-14H2,1-4H3/b20-15+. The molecule has 0 N–H and O–H groups in total. The second kappa shape index (κ2) is 7.84. The SMILES string of the molecule is COc1ccc(/C(C#N)=C/c2ccc(CCC(C)(C)C)cc2)cc1. The number of benzene rings is 2. The fraction of sp³-hybridized carbons (Fsp3) is 0.318. The summed E-state index contributed by atoms with van der Waals surface area (Å²) in [6, 6.07) is 18.3. The first-order chi connectivity index (χ1) is 11.4. The third-order valence-electron chi connectivity index (χ3n) is 3.98. The van der Waals surface area contributed by atoms with Crippen molar-refractivity contribution in [2.24, 2.45) is 5.41 Å². The molecule has 0 heterocycles. The van der Waals surface area contributed by atoms with Crippen molar-refractivity contribution >= 4 is 11.6 Å². The lowest BCUT2D eigenvalue weighted by Gasteiger charge is -2.17. The van der Waals surface area contributed by atoms with E-state index in [1.54, 1.807) is 7.11 Å². The Morgan fingerprint density at radius 2 is 1.67 bits per heavy atom. The fourth-order valence-corrected chi connectivity index (χ4v) is 2.42. The number of hydrogen-bond donors (Lipinski definition) is 0. The highest BCUT2D eigenvalue weighted by atomic mass is 16.5. The highest BCUT2D eigenvalue weighted by Crippen LogP contribution is 2.23. The van der Waals surface area contributed by atoms with Crippen molar-refractivity contribution in [1.82, 2.24) is 0 Å². The number of rotatable bonds is 5. The molecule has 0 bridgehead atoms. The zero-order valence-electron chi connectivity index (χ0n) is 15.0. The van der Waals surface area contributed by atoms with Crippen molar-refractivity contribution in [2.45, 2.75) is 33.6 Å². The van der Waals surface area contributed by atoms with Crippen LogP contribution in [-0.4, -0.2) is 7.11 Å². The molecule has 0 aliphatic heterocycles. The lowest BCUT2D eigenvalue weighted by molar-refractivity contribution is 0.378. The maximum Gasteiger partial charge on any atom is 0.118 e. The third-order valence-corrected chi connectivity index (χ3v) is 3.98. The molecule has 0 aromatic heterocycles. The largest absolute Gasteiger partial charge is 0.497 e. The monoisotopic (exact) mass is 319 g/mol. The van der Waals surface area contributed by atoms with Crippen LogP contribution in [0.1, 0.15) is 43.9 Å². The number of aryl methyl sites for hydroxylation is 1. The van der Waals surface area contributed by atoms with Crippen LogP contribution < -0.4 is 4.74 Å². The Hall–Kier alpha value is -2.53. The summed E-state index contributed by atoms with van der Waals surface area (Å²) < 4.78 is 5.16. The first-order valence-electron chi connectivity index (χ1n) is 8.26. The van der Waals surface area contributed by atoms with Crippen LogP contribution in [0.25, 0.3) is 11.6 Å². The molecule has 0 radical (unpaired) electrons. The van der Waals surface area contributed by atoms with Gasteiger partial charge in [-0.25, -0.2) is 0 Å². The minimum atomic E-state index is 0.348. The van der Waals surface area contributed by atoms with Gasteiger partial charge in [0.1, 0.15) is 5.75 Å². The average molecular weight is 319 g/mol. The van der Waals surface area contributed by atoms with Gasteiger partial charge in [-0.15, -0.1) is 0 Å². The molecule has 0 atom stereocenters. The summed E-state index contributed by atoms with van der Waals surface area (Å²) in [7, 11) is 1.64. The second-order valence-corrected chi connectivity index (χ2v) is 7.20. The predicted octanol–water partition coefficient (Wildman–Crippen LogP) is 5.74. The topological polar surface area (TPSA) is 33.0 Å². The van der Waals surface area contributed by atoms with E-state index in [0.717, 1.165) is 29.7 Å². The van der Waals surface area contributed by atoms with E-state index < -0.39 is 0 Å². The molecule has 0 aliphatic carbocycles. The summed E-state index contributed by atoms with van der Waals surface area (Å²) >= 11 is 0. The number of allylic oxidation sites excluding steroid dienone is 1. The summed E-state index contributed by atoms with van der Waals surface area (Å²) in [6.07, 6.45) is 4.17. The Balaban J connectivity index is 2.14. The number of nitrogens with zero attached hydrogens (tertiary/aromatic N) is 1. The molecule has 0 fully saturated rings. The Bertz CT molecular complexity index is 726. The van der Waals surface area contributed by atoms with E-state index in [4.69, 9.17) is 4.74 Å². The fourth-order valence-electron chi connectivity index (χ4n) is 2.42. The molecule has 2 nitrogen and oxygen atoms in total. The minimum absolute atomic E-state index is 0.348. The van der Waals surface area contributed by atoms with E-state index >= 15 is 0 Å². The van der Waals surface area contributed by atoms with Gasteiger partial charge >= 0.3 is 0 Å². The smallest absolute Gasteiger partial charge is 0.118 e. The Morgan fingerprint density at radius 3 is 2.17 bits per heavy atom. The van der Waals surface area contributed by atoms with Gasteiger partial charge in [-0.2, -0.15) is 5.26 Å². The molecule has 2 aromatic rings. The van der Waals surface area contributed by atoms with Gasteiger partial charge in [0, 0.05) is 0 Å². The first-order valence-corrected chi connectivity index (χ1v) is 8.26. The van der Waals surface area contributed by atoms with Crippen molar-refractivity contribution in [3.05, 3.63) is 65.2 Å². The Labute approximate surface area is 145 Å². The maximum atomic E-state index is 9.45. The zero-order valence-corrected chi connectivity index (χ0v) is 15.0. The van der Waals surface area contributed by atoms with E-state index in [2.05, 4.69) is 51.1 Å². The van der Waals surface area contributed by atoms with Gasteiger partial charge in [0.25, 0.3) is 0 Å². The second-order valence-electron chi connectivity index (χ2n) is 7.20. The molecular formula is C22H25NO. The first kappa shape index (κ1) is 17.8. The zero-order chi connectivity index (χ0) is 17.6. The maximum absolute atomic E-state index is 9.45. The number of methoxy groups -OCH3 is 1. The lowest BCUT2D eigenvalue weighted by Crippen LogP contribution is -2.06. The highest BCUT2D eigenvalue weighted by molar-refractivity contribution is 5.89. The van der Waals surface area contributed by atoms with Gasteiger partial charge in [0.15, 0.2) is 0 Å². The number of hydrogen-bond acceptors (Lipinski definition) is 2. The van der Waals surface area contributed by atoms with E-state index in [1.165, 1.54) is 5.56 Å². The van der Waals surface area contributed by atoms with Gasteiger partial charge in [-0.1, -0.05) is 45.0 Å². The van der Waals surface area contributed by atoms with Crippen LogP contribution in [0.5, 0.6) is 5.75 Å². The highest BCUT2D eigenvalue weighted by Gasteiger charge is 2.09. The van der Waals surface area contributed by atoms with Crippen molar-refractivity contribution in [3.8, 4) is 11.8 Å². The summed E-state index contributed by atoms with van der Waals surface area (Å²) in [4.78, 5) is 0. The van der Waals surface area contributed by atoms with Crippen LogP contribution in [0.15, 0.2) is 48.5 Å². The lowest BCUT2D eigenvalue weighted by atomic mass is 9.88. The van der Waals surface area contributed by atoms with E-state index in [9.17, 15) is 5.26 Å². The van der Waals surface area contributed by atoms with Gasteiger partial charge in [-0.3, -0.25) is 0 Å². The van der Waals surface area contributed by atoms with E-state index in [-0.39, 0.29) is 0 Å². The van der Waals surface area contributed by atoms with E-state index in [0.29, 0.717) is 11.0 Å². The summed E-state index contributed by atoms with van der Waals surface area (Å²) in [5, 5.41) is 9.45. The average Bonchev–Trinajstić information content (AvgIpc) is 2.58. The molecule has 0 aliphatic rings. The van der Waals surface area contributed by atoms with Crippen LogP contribution in [0.2, 0.25) is 0 Å². The molecule has 2 rings (SSSR count). The summed E-state index contributed by atoms with van der Waals surface area (Å²) in [6.45, 7) is 6.79. The molecule has 124 valence electrons. The van der Waals surface area contributed by atoms with Gasteiger partial charge < -0.3 is 4.74 Å². The van der Waals surface area contributed by atoms with Gasteiger partial charge in [0.2, 0.25) is 0 Å². The molecule has 0 saturated heterocycles. The molecule has 0 saturated carbocycles. The van der Waals surface area contributed by atoms with Gasteiger partial charge in [-0.05, 0) is 65.3 Å². The molecule has 0 unspecified atom stereocenters. The minimum Gasteiger partial charge on any atom is -0.497 e. The van der Waals surface area contributed by atoms with Crippen LogP contribution >= 0.6 is 0 Å². The Kier molecular flexibility index (Phi) is 5.82. The molecule has 2 aromatic carbocycles. The van der Waals surface area contributed by atoms with Crippen molar-refractivity contribution < 1.29 is 4.74 Å². The molecular weight excluding hydrogens is 294 g/mol. The van der Waals surface area contributed by atoms with Crippen molar-refractivity contribution in [1.29, 1.82) is 5.26 Å². The summed E-state index contributed by atoms with van der Waals surface area (Å²) in [5.74, 6) is 0.791. The molecule has 0 amide bonds. The quantitative estimate of drug-likeness (QED) is 0.520. The normalized spacial score (nSPS) is 11.9. The summed E-state index contributed by atoms with van der Waals surface area (Å²) in [5.41, 5.74) is 4.28. The van der Waals surface area contributed by atoms with E-state index in [1.807, 2.05) is 30.3 Å². The van der Waals surface area contributed by atoms with Crippen LogP contribution in [-0.2, 0) is 6.42 Å². The van der Waals surface area contributed by atoms with Gasteiger partial charge in [0.05, 0.1) is 18.8 Å². The Morgan fingerprint density at radius 1 is 1.04 bits per heavy atom. The number of ether oxygens (including phenoxy) is 1. The molecule has 0 spiro atoms. The van der Waals surface area contributed by atoms with Crippen molar-refractivity contribution in [2.75, 3.05) is 7.11 Å². The van der Waals surface area contributed by atoms with Crippen LogP contribution in [0.4, 0.5) is 0 Å². The van der Waals surface area contributed by atoms with Crippen LogP contribution in [0, 0.1) is 16.7 Å².